The van der Waals surface area contributed by atoms with Gasteiger partial charge in [-0.3, -0.25) is 4.79 Å². The normalized spacial score (nSPS) is 17.2. The molecule has 3 heterocycles. The summed E-state index contributed by atoms with van der Waals surface area (Å²) in [6.07, 6.45) is 3.32. The van der Waals surface area contributed by atoms with Gasteiger partial charge in [0, 0.05) is 17.8 Å². The third kappa shape index (κ3) is 3.02. The lowest BCUT2D eigenvalue weighted by Gasteiger charge is -2.23. The Bertz CT molecular complexity index is 857. The topological polar surface area (TPSA) is 92.6 Å². The Hall–Kier alpha value is -3.03. The molecule has 1 aliphatic heterocycles. The number of likely N-dealkylation sites (tertiary alicyclic amines) is 1. The molecule has 1 aromatic carbocycles. The summed E-state index contributed by atoms with van der Waals surface area (Å²) in [5.74, 6) is 0.851. The molecule has 1 aliphatic rings. The number of rotatable bonds is 4. The standard InChI is InChI=1S/C17H19N7O/c1-12-16(13-6-3-2-4-7-13)20-17(19-12)14-8-5-9-24(14)15(25)10-23-11-18-21-22-23/h2-4,6-7,11,14H,5,8-10H2,1H3,(H,19,20). The van der Waals surface area contributed by atoms with Gasteiger partial charge < -0.3 is 9.88 Å². The van der Waals surface area contributed by atoms with E-state index in [1.807, 2.05) is 42.2 Å². The number of carbonyl (C=O) groups is 1. The Morgan fingerprint density at radius 1 is 1.32 bits per heavy atom. The summed E-state index contributed by atoms with van der Waals surface area (Å²) in [7, 11) is 0. The Labute approximate surface area is 144 Å². The van der Waals surface area contributed by atoms with E-state index < -0.39 is 0 Å². The number of aryl methyl sites for hydroxylation is 1. The smallest absolute Gasteiger partial charge is 0.245 e. The van der Waals surface area contributed by atoms with Crippen LogP contribution < -0.4 is 0 Å². The molecule has 2 aromatic heterocycles. The number of aromatic amines is 1. The van der Waals surface area contributed by atoms with Crippen molar-refractivity contribution in [2.75, 3.05) is 6.54 Å². The first-order valence-electron chi connectivity index (χ1n) is 8.34. The van der Waals surface area contributed by atoms with E-state index in [0.29, 0.717) is 0 Å². The van der Waals surface area contributed by atoms with Crippen molar-refractivity contribution in [2.24, 2.45) is 0 Å². The lowest BCUT2D eigenvalue weighted by Crippen LogP contribution is -2.34. The molecule has 3 aromatic rings. The molecule has 25 heavy (non-hydrogen) atoms. The highest BCUT2D eigenvalue weighted by Gasteiger charge is 2.32. The highest BCUT2D eigenvalue weighted by Crippen LogP contribution is 2.32. The predicted molar refractivity (Wildman–Crippen MR) is 90.3 cm³/mol. The minimum atomic E-state index is -0.0276. The van der Waals surface area contributed by atoms with Crippen LogP contribution in [0.5, 0.6) is 0 Å². The van der Waals surface area contributed by atoms with Gasteiger partial charge in [0.1, 0.15) is 18.7 Å². The van der Waals surface area contributed by atoms with Crippen LogP contribution in [0.3, 0.4) is 0 Å². The molecule has 0 aliphatic carbocycles. The molecule has 8 nitrogen and oxygen atoms in total. The molecule has 1 saturated heterocycles. The van der Waals surface area contributed by atoms with Crippen molar-refractivity contribution in [1.82, 2.24) is 35.1 Å². The molecule has 0 radical (unpaired) electrons. The van der Waals surface area contributed by atoms with Crippen LogP contribution in [0.1, 0.15) is 30.4 Å². The van der Waals surface area contributed by atoms with Crippen LogP contribution in [-0.2, 0) is 11.3 Å². The van der Waals surface area contributed by atoms with Crippen molar-refractivity contribution in [3.05, 3.63) is 48.2 Å². The molecule has 8 heteroatoms. The van der Waals surface area contributed by atoms with Gasteiger partial charge in [-0.25, -0.2) is 9.67 Å². The van der Waals surface area contributed by atoms with Gasteiger partial charge in [-0.05, 0) is 30.2 Å². The lowest BCUT2D eigenvalue weighted by molar-refractivity contribution is -0.133. The fourth-order valence-electron chi connectivity index (χ4n) is 3.35. The molecule has 0 saturated carbocycles. The molecular formula is C17H19N7O. The number of nitrogens with one attached hydrogen (secondary N) is 1. The summed E-state index contributed by atoms with van der Waals surface area (Å²) in [6.45, 7) is 2.89. The van der Waals surface area contributed by atoms with E-state index in [1.54, 1.807) is 0 Å². The minimum absolute atomic E-state index is 0.00474. The number of amides is 1. The molecule has 4 rings (SSSR count). The Balaban J connectivity index is 1.57. The molecule has 0 spiro atoms. The van der Waals surface area contributed by atoms with E-state index >= 15 is 0 Å². The maximum Gasteiger partial charge on any atom is 0.245 e. The summed E-state index contributed by atoms with van der Waals surface area (Å²) < 4.78 is 1.44. The number of hydrogen-bond donors (Lipinski definition) is 1. The third-order valence-electron chi connectivity index (χ3n) is 4.53. The van der Waals surface area contributed by atoms with Gasteiger partial charge in [0.05, 0.1) is 11.7 Å². The van der Waals surface area contributed by atoms with Gasteiger partial charge in [-0.1, -0.05) is 30.3 Å². The van der Waals surface area contributed by atoms with Crippen LogP contribution in [0.4, 0.5) is 0 Å². The molecule has 0 bridgehead atoms. The van der Waals surface area contributed by atoms with Gasteiger partial charge in [-0.15, -0.1) is 5.10 Å². The number of carbonyl (C=O) groups excluding carboxylic acids is 1. The van der Waals surface area contributed by atoms with Crippen LogP contribution >= 0.6 is 0 Å². The fraction of sp³-hybridized carbons (Fsp3) is 0.353. The molecule has 128 valence electrons. The average molecular weight is 337 g/mol. The first-order valence-corrected chi connectivity index (χ1v) is 8.34. The van der Waals surface area contributed by atoms with Crippen molar-refractivity contribution >= 4 is 5.91 Å². The van der Waals surface area contributed by atoms with E-state index in [4.69, 9.17) is 4.98 Å². The number of hydrogen-bond acceptors (Lipinski definition) is 5. The van der Waals surface area contributed by atoms with Crippen molar-refractivity contribution in [1.29, 1.82) is 0 Å². The van der Waals surface area contributed by atoms with Gasteiger partial charge in [0.2, 0.25) is 5.91 Å². The van der Waals surface area contributed by atoms with E-state index in [9.17, 15) is 4.79 Å². The number of nitrogens with zero attached hydrogens (tertiary/aromatic N) is 6. The average Bonchev–Trinajstić information content (AvgIpc) is 3.35. The van der Waals surface area contributed by atoms with E-state index in [-0.39, 0.29) is 18.5 Å². The zero-order valence-corrected chi connectivity index (χ0v) is 14.0. The maximum absolute atomic E-state index is 12.6. The Morgan fingerprint density at radius 3 is 2.92 bits per heavy atom. The largest absolute Gasteiger partial charge is 0.344 e. The molecule has 1 atom stereocenters. The van der Waals surface area contributed by atoms with Gasteiger partial charge in [0.15, 0.2) is 0 Å². The van der Waals surface area contributed by atoms with Crippen molar-refractivity contribution in [3.63, 3.8) is 0 Å². The fourth-order valence-corrected chi connectivity index (χ4v) is 3.35. The third-order valence-corrected chi connectivity index (χ3v) is 4.53. The number of H-pyrrole nitrogens is 1. The van der Waals surface area contributed by atoms with Gasteiger partial charge >= 0.3 is 0 Å². The molecular weight excluding hydrogens is 318 g/mol. The highest BCUT2D eigenvalue weighted by molar-refractivity contribution is 5.76. The SMILES string of the molecule is Cc1[nH]c(C2CCCN2C(=O)Cn2cnnn2)nc1-c1ccccc1. The predicted octanol–water partition coefficient (Wildman–Crippen LogP) is 1.74. The number of imidazole rings is 1. The molecule has 1 unspecified atom stereocenters. The zero-order valence-electron chi connectivity index (χ0n) is 14.0. The van der Waals surface area contributed by atoms with Gasteiger partial charge in [0.25, 0.3) is 0 Å². The van der Waals surface area contributed by atoms with Crippen molar-refractivity contribution < 1.29 is 4.79 Å². The van der Waals surface area contributed by atoms with Crippen LogP contribution in [0.2, 0.25) is 0 Å². The second-order valence-electron chi connectivity index (χ2n) is 6.21. The number of tetrazole rings is 1. The van der Waals surface area contributed by atoms with Crippen LogP contribution in [0.15, 0.2) is 36.7 Å². The lowest BCUT2D eigenvalue weighted by atomic mass is 10.1. The number of aromatic nitrogens is 6. The first kappa shape index (κ1) is 15.5. The summed E-state index contributed by atoms with van der Waals surface area (Å²) >= 11 is 0. The molecule has 1 fully saturated rings. The van der Waals surface area contributed by atoms with Crippen molar-refractivity contribution in [2.45, 2.75) is 32.4 Å². The quantitative estimate of drug-likeness (QED) is 0.783. The van der Waals surface area contributed by atoms with Gasteiger partial charge in [-0.2, -0.15) is 0 Å². The van der Waals surface area contributed by atoms with Crippen LogP contribution in [0.25, 0.3) is 11.3 Å². The Kier molecular flexibility index (Phi) is 4.01. The summed E-state index contributed by atoms with van der Waals surface area (Å²) in [5.41, 5.74) is 3.03. The van der Waals surface area contributed by atoms with E-state index in [0.717, 1.165) is 42.2 Å². The van der Waals surface area contributed by atoms with Crippen molar-refractivity contribution in [3.8, 4) is 11.3 Å². The second kappa shape index (κ2) is 6.46. The van der Waals surface area contributed by atoms with E-state index in [2.05, 4.69) is 20.5 Å². The second-order valence-corrected chi connectivity index (χ2v) is 6.21. The molecule has 1 N–H and O–H groups in total. The highest BCUT2D eigenvalue weighted by atomic mass is 16.2. The summed E-state index contributed by atoms with van der Waals surface area (Å²) in [6, 6.07) is 10.1. The maximum atomic E-state index is 12.6. The van der Waals surface area contributed by atoms with Crippen LogP contribution in [0, 0.1) is 6.92 Å². The monoisotopic (exact) mass is 337 g/mol. The van der Waals surface area contributed by atoms with E-state index in [1.165, 1.54) is 11.0 Å². The minimum Gasteiger partial charge on any atom is -0.344 e. The first-order chi connectivity index (χ1) is 12.2. The summed E-state index contributed by atoms with van der Waals surface area (Å²) in [4.78, 5) is 22.7. The zero-order chi connectivity index (χ0) is 17.2. The number of benzene rings is 1. The molecule has 1 amide bonds. The Morgan fingerprint density at radius 2 is 2.16 bits per heavy atom. The van der Waals surface area contributed by atoms with Crippen LogP contribution in [-0.4, -0.2) is 47.5 Å². The summed E-state index contributed by atoms with van der Waals surface area (Å²) in [5, 5.41) is 10.9.